The molecular weight excluding hydrogens is 370 g/mol. The largest absolute Gasteiger partial charge is 0.507 e. The molecule has 3 rings (SSSR count). The Hall–Kier alpha value is -2.33. The first kappa shape index (κ1) is 20.4. The van der Waals surface area contributed by atoms with Crippen LogP contribution in [-0.2, 0) is 10.8 Å². The zero-order valence-corrected chi connectivity index (χ0v) is 18.1. The van der Waals surface area contributed by atoms with Crippen LogP contribution in [0.25, 0.3) is 0 Å². The highest BCUT2D eigenvalue weighted by Gasteiger charge is 2.29. The van der Waals surface area contributed by atoms with E-state index < -0.39 is 0 Å². The summed E-state index contributed by atoms with van der Waals surface area (Å²) >= 11 is 6.11. The van der Waals surface area contributed by atoms with Crippen molar-refractivity contribution in [2.75, 3.05) is 0 Å². The SMILES string of the molecule is CC(C)(C)c1cc(C(c2ccc(Cl)cc2)n2cncn2)cc(C(C)(C)C)c1O. The summed E-state index contributed by atoms with van der Waals surface area (Å²) in [6.45, 7) is 12.7. The van der Waals surface area contributed by atoms with E-state index in [2.05, 4.69) is 63.8 Å². The predicted molar refractivity (Wildman–Crippen MR) is 114 cm³/mol. The monoisotopic (exact) mass is 397 g/mol. The van der Waals surface area contributed by atoms with Crippen molar-refractivity contribution in [3.63, 3.8) is 0 Å². The normalized spacial score (nSPS) is 13.5. The molecule has 0 aliphatic heterocycles. The molecule has 4 nitrogen and oxygen atoms in total. The van der Waals surface area contributed by atoms with Gasteiger partial charge in [-0.3, -0.25) is 0 Å². The number of nitrogens with zero attached hydrogens (tertiary/aromatic N) is 3. The molecule has 1 heterocycles. The predicted octanol–water partition coefficient (Wildman–Crippen LogP) is 5.87. The maximum atomic E-state index is 11.1. The highest BCUT2D eigenvalue weighted by atomic mass is 35.5. The lowest BCUT2D eigenvalue weighted by Crippen LogP contribution is -2.20. The molecule has 28 heavy (non-hydrogen) atoms. The molecule has 0 aliphatic rings. The van der Waals surface area contributed by atoms with Gasteiger partial charge in [0.2, 0.25) is 0 Å². The summed E-state index contributed by atoms with van der Waals surface area (Å²) in [6.07, 6.45) is 3.26. The Kier molecular flexibility index (Phi) is 5.28. The Bertz CT molecular complexity index is 914. The molecule has 0 amide bonds. The molecule has 3 aromatic rings. The molecule has 5 heteroatoms. The van der Waals surface area contributed by atoms with E-state index in [-0.39, 0.29) is 16.9 Å². The molecule has 148 valence electrons. The second-order valence-electron chi connectivity index (χ2n) is 9.29. The lowest BCUT2D eigenvalue weighted by molar-refractivity contribution is 0.421. The van der Waals surface area contributed by atoms with E-state index in [0.29, 0.717) is 10.8 Å². The number of phenols is 1. The minimum Gasteiger partial charge on any atom is -0.507 e. The van der Waals surface area contributed by atoms with Gasteiger partial charge >= 0.3 is 0 Å². The molecule has 0 bridgehead atoms. The number of benzene rings is 2. The van der Waals surface area contributed by atoms with E-state index in [1.807, 2.05) is 28.9 Å². The maximum Gasteiger partial charge on any atom is 0.137 e. The number of phenolic OH excluding ortho intramolecular Hbond substituents is 1. The number of hydrogen-bond acceptors (Lipinski definition) is 3. The van der Waals surface area contributed by atoms with E-state index in [1.54, 1.807) is 12.7 Å². The zero-order valence-electron chi connectivity index (χ0n) is 17.4. The number of halogens is 1. The van der Waals surface area contributed by atoms with Crippen molar-refractivity contribution in [3.8, 4) is 5.75 Å². The summed E-state index contributed by atoms with van der Waals surface area (Å²) < 4.78 is 1.84. The molecule has 0 saturated heterocycles. The van der Waals surface area contributed by atoms with Crippen molar-refractivity contribution in [2.24, 2.45) is 0 Å². The van der Waals surface area contributed by atoms with Crippen LogP contribution < -0.4 is 0 Å². The Balaban J connectivity index is 2.30. The lowest BCUT2D eigenvalue weighted by atomic mass is 9.77. The van der Waals surface area contributed by atoms with Gasteiger partial charge in [-0.25, -0.2) is 9.67 Å². The average Bonchev–Trinajstić information content (AvgIpc) is 3.10. The van der Waals surface area contributed by atoms with E-state index in [0.717, 1.165) is 22.3 Å². The smallest absolute Gasteiger partial charge is 0.137 e. The van der Waals surface area contributed by atoms with Crippen LogP contribution in [0.15, 0.2) is 49.1 Å². The minimum absolute atomic E-state index is 0.164. The van der Waals surface area contributed by atoms with Crippen LogP contribution in [0.4, 0.5) is 0 Å². The number of hydrogen-bond donors (Lipinski definition) is 1. The van der Waals surface area contributed by atoms with Crippen molar-refractivity contribution in [3.05, 3.63) is 76.3 Å². The third-order valence-corrected chi connectivity index (χ3v) is 5.20. The molecule has 1 atom stereocenters. The average molecular weight is 398 g/mol. The maximum absolute atomic E-state index is 11.1. The topological polar surface area (TPSA) is 50.9 Å². The van der Waals surface area contributed by atoms with Gasteiger partial charge in [-0.2, -0.15) is 5.10 Å². The van der Waals surface area contributed by atoms with E-state index in [4.69, 9.17) is 11.6 Å². The molecule has 0 radical (unpaired) electrons. The standard InChI is InChI=1S/C23H28ClN3O/c1-22(2,3)18-11-16(12-19(21(18)28)23(4,5)6)20(27-14-25-13-26-27)15-7-9-17(24)10-8-15/h7-14,20,28H,1-6H3. The fourth-order valence-electron chi connectivity index (χ4n) is 3.45. The minimum atomic E-state index is -0.201. The van der Waals surface area contributed by atoms with Crippen molar-refractivity contribution >= 4 is 11.6 Å². The van der Waals surface area contributed by atoms with Gasteiger partial charge in [-0.1, -0.05) is 65.3 Å². The van der Waals surface area contributed by atoms with E-state index >= 15 is 0 Å². The van der Waals surface area contributed by atoms with Crippen LogP contribution in [0.1, 0.15) is 69.8 Å². The lowest BCUT2D eigenvalue weighted by Gasteiger charge is -2.30. The second kappa shape index (κ2) is 7.25. The highest BCUT2D eigenvalue weighted by molar-refractivity contribution is 6.30. The third kappa shape index (κ3) is 4.07. The van der Waals surface area contributed by atoms with Gasteiger partial charge < -0.3 is 5.11 Å². The number of aromatic hydroxyl groups is 1. The molecular formula is C23H28ClN3O. The Morgan fingerprint density at radius 2 is 1.43 bits per heavy atom. The van der Waals surface area contributed by atoms with Crippen LogP contribution in [0, 0.1) is 0 Å². The van der Waals surface area contributed by atoms with Crippen molar-refractivity contribution in [1.82, 2.24) is 14.8 Å². The van der Waals surface area contributed by atoms with Crippen LogP contribution in [-0.4, -0.2) is 19.9 Å². The number of rotatable bonds is 3. The summed E-state index contributed by atoms with van der Waals surface area (Å²) in [6, 6.07) is 11.8. The molecule has 0 spiro atoms. The molecule has 0 fully saturated rings. The Morgan fingerprint density at radius 3 is 1.86 bits per heavy atom. The second-order valence-corrected chi connectivity index (χ2v) is 9.73. The molecule has 0 saturated carbocycles. The fourth-order valence-corrected chi connectivity index (χ4v) is 3.58. The first-order valence-corrected chi connectivity index (χ1v) is 9.83. The van der Waals surface area contributed by atoms with Gasteiger partial charge in [0, 0.05) is 5.02 Å². The van der Waals surface area contributed by atoms with Crippen LogP contribution in [0.3, 0.4) is 0 Å². The first-order valence-electron chi connectivity index (χ1n) is 9.46. The van der Waals surface area contributed by atoms with Crippen LogP contribution in [0.2, 0.25) is 5.02 Å². The van der Waals surface area contributed by atoms with Crippen molar-refractivity contribution in [1.29, 1.82) is 0 Å². The summed E-state index contributed by atoms with van der Waals surface area (Å²) in [5, 5.41) is 16.2. The quantitative estimate of drug-likeness (QED) is 0.601. The van der Waals surface area contributed by atoms with Gasteiger partial charge in [-0.05, 0) is 57.3 Å². The molecule has 0 aliphatic carbocycles. The number of aromatic nitrogens is 3. The highest BCUT2D eigenvalue weighted by Crippen LogP contribution is 2.42. The Labute approximate surface area is 172 Å². The zero-order chi connectivity index (χ0) is 20.7. The van der Waals surface area contributed by atoms with Gasteiger partial charge in [-0.15, -0.1) is 0 Å². The summed E-state index contributed by atoms with van der Waals surface area (Å²) in [7, 11) is 0. The molecule has 2 aromatic carbocycles. The summed E-state index contributed by atoms with van der Waals surface area (Å²) in [5.41, 5.74) is 3.56. The first-order chi connectivity index (χ1) is 13.0. The van der Waals surface area contributed by atoms with Gasteiger partial charge in [0.1, 0.15) is 24.4 Å². The molecule has 1 aromatic heterocycles. The summed E-state index contributed by atoms with van der Waals surface area (Å²) in [5.74, 6) is 0.372. The summed E-state index contributed by atoms with van der Waals surface area (Å²) in [4.78, 5) is 4.15. The van der Waals surface area contributed by atoms with Crippen LogP contribution >= 0.6 is 11.6 Å². The third-order valence-electron chi connectivity index (χ3n) is 4.95. The fraction of sp³-hybridized carbons (Fsp3) is 0.391. The van der Waals surface area contributed by atoms with E-state index in [1.165, 1.54) is 0 Å². The van der Waals surface area contributed by atoms with Crippen LogP contribution in [0.5, 0.6) is 5.75 Å². The van der Waals surface area contributed by atoms with Crippen molar-refractivity contribution < 1.29 is 5.11 Å². The van der Waals surface area contributed by atoms with E-state index in [9.17, 15) is 5.11 Å². The van der Waals surface area contributed by atoms with Crippen molar-refractivity contribution in [2.45, 2.75) is 58.4 Å². The van der Waals surface area contributed by atoms with Gasteiger partial charge in [0.15, 0.2) is 0 Å². The molecule has 1 unspecified atom stereocenters. The Morgan fingerprint density at radius 1 is 0.893 bits per heavy atom. The molecule has 1 N–H and O–H groups in total. The van der Waals surface area contributed by atoms with Gasteiger partial charge in [0.05, 0.1) is 0 Å². The van der Waals surface area contributed by atoms with Gasteiger partial charge in [0.25, 0.3) is 0 Å².